The summed E-state index contributed by atoms with van der Waals surface area (Å²) in [5, 5.41) is 0. The van der Waals surface area contributed by atoms with Crippen molar-refractivity contribution in [2.45, 2.75) is 6.92 Å². The summed E-state index contributed by atoms with van der Waals surface area (Å²) in [6, 6.07) is 0. The van der Waals surface area contributed by atoms with Crippen LogP contribution < -0.4 is 17.1 Å². The van der Waals surface area contributed by atoms with E-state index in [1.165, 1.54) is 13.0 Å². The largest absolute Gasteiger partial charge is 1.00 e. The molecule has 0 bridgehead atoms. The molecule has 0 atom stereocenters. The molecule has 1 aliphatic rings. The van der Waals surface area contributed by atoms with E-state index in [1.807, 2.05) is 4.90 Å². The Morgan fingerprint density at radius 2 is 1.61 bits per heavy atom. The number of ether oxygens (including phenoxy) is 2. The number of morpholine rings is 1. The number of benzene rings is 1. The number of rotatable bonds is 5. The molecule has 0 saturated carbocycles. The predicted octanol–water partition coefficient (Wildman–Crippen LogP) is -0.00890. The van der Waals surface area contributed by atoms with Crippen LogP contribution in [0.25, 0.3) is 6.08 Å². The van der Waals surface area contributed by atoms with Gasteiger partial charge in [-0.1, -0.05) is 12.2 Å². The molecule has 0 N–H and O–H groups in total. The Labute approximate surface area is 138 Å². The molecule has 0 amide bonds. The van der Waals surface area contributed by atoms with E-state index in [9.17, 15) is 17.6 Å². The van der Waals surface area contributed by atoms with Gasteiger partial charge in [-0.25, -0.2) is 8.78 Å². The SMILES string of the molecule is CCOc1c(F)c(F)c(/C=C/CN2CCOCC2)c(F)c1F.[Cl-]. The summed E-state index contributed by atoms with van der Waals surface area (Å²) in [6.45, 7) is 4.34. The quantitative estimate of drug-likeness (QED) is 0.548. The summed E-state index contributed by atoms with van der Waals surface area (Å²) >= 11 is 0. The third-order valence-corrected chi connectivity index (χ3v) is 3.30. The fourth-order valence-corrected chi connectivity index (χ4v) is 2.15. The van der Waals surface area contributed by atoms with Crippen LogP contribution in [-0.2, 0) is 4.74 Å². The van der Waals surface area contributed by atoms with Crippen molar-refractivity contribution in [2.75, 3.05) is 39.5 Å². The van der Waals surface area contributed by atoms with Crippen molar-refractivity contribution >= 4 is 6.08 Å². The van der Waals surface area contributed by atoms with E-state index in [0.29, 0.717) is 32.8 Å². The Hall–Kier alpha value is -1.31. The molecule has 0 radical (unpaired) electrons. The zero-order chi connectivity index (χ0) is 16.1. The van der Waals surface area contributed by atoms with Crippen LogP contribution in [0.1, 0.15) is 12.5 Å². The summed E-state index contributed by atoms with van der Waals surface area (Å²) in [4.78, 5) is 2.00. The van der Waals surface area contributed by atoms with Gasteiger partial charge in [-0.05, 0) is 6.92 Å². The van der Waals surface area contributed by atoms with Gasteiger partial charge in [0.2, 0.25) is 11.6 Å². The molecule has 1 aliphatic heterocycles. The van der Waals surface area contributed by atoms with Crippen LogP contribution in [0.5, 0.6) is 5.75 Å². The molecule has 1 aromatic rings. The van der Waals surface area contributed by atoms with Crippen molar-refractivity contribution in [3.05, 3.63) is 34.9 Å². The lowest BCUT2D eigenvalue weighted by Crippen LogP contribution is -3.00. The van der Waals surface area contributed by atoms with Gasteiger partial charge in [0, 0.05) is 19.6 Å². The smallest absolute Gasteiger partial charge is 0.204 e. The van der Waals surface area contributed by atoms with Gasteiger partial charge in [0.1, 0.15) is 0 Å². The first-order valence-electron chi connectivity index (χ1n) is 7.01. The number of hydrogen-bond donors (Lipinski definition) is 0. The Bertz CT molecular complexity index is 534. The summed E-state index contributed by atoms with van der Waals surface area (Å²) in [7, 11) is 0. The Kier molecular flexibility index (Phi) is 7.81. The van der Waals surface area contributed by atoms with Gasteiger partial charge in [-0.15, -0.1) is 0 Å². The van der Waals surface area contributed by atoms with Crippen molar-refractivity contribution in [1.82, 2.24) is 4.90 Å². The van der Waals surface area contributed by atoms with E-state index < -0.39 is 34.6 Å². The Morgan fingerprint density at radius 3 is 2.13 bits per heavy atom. The highest BCUT2D eigenvalue weighted by Crippen LogP contribution is 2.30. The van der Waals surface area contributed by atoms with Gasteiger partial charge in [0.05, 0.1) is 25.4 Å². The minimum Gasteiger partial charge on any atom is -1.00 e. The van der Waals surface area contributed by atoms with Gasteiger partial charge in [0.15, 0.2) is 17.4 Å². The van der Waals surface area contributed by atoms with Gasteiger partial charge >= 0.3 is 0 Å². The standard InChI is InChI=1S/C15H17F4NO2.ClH/c1-2-22-15-13(18)11(16)10(12(17)14(15)19)4-3-5-20-6-8-21-9-7-20;/h3-4H,2,5-9H2,1H3;1H/p-1/b4-3+;. The molecule has 0 aromatic heterocycles. The lowest BCUT2D eigenvalue weighted by atomic mass is 10.1. The zero-order valence-electron chi connectivity index (χ0n) is 12.6. The molecule has 8 heteroatoms. The molecular formula is C15H17ClF4NO2-. The lowest BCUT2D eigenvalue weighted by molar-refractivity contribution is -0.00000839. The number of nitrogens with zero attached hydrogens (tertiary/aromatic N) is 1. The molecule has 23 heavy (non-hydrogen) atoms. The molecule has 2 rings (SSSR count). The minimum atomic E-state index is -1.52. The topological polar surface area (TPSA) is 21.7 Å². The van der Waals surface area contributed by atoms with E-state index in [-0.39, 0.29) is 19.0 Å². The van der Waals surface area contributed by atoms with Gasteiger partial charge in [-0.3, -0.25) is 4.90 Å². The first-order valence-corrected chi connectivity index (χ1v) is 7.01. The van der Waals surface area contributed by atoms with Crippen LogP contribution in [0.15, 0.2) is 6.08 Å². The molecular weight excluding hydrogens is 338 g/mol. The average molecular weight is 355 g/mol. The van der Waals surface area contributed by atoms with Crippen LogP contribution in [0.4, 0.5) is 17.6 Å². The van der Waals surface area contributed by atoms with E-state index >= 15 is 0 Å². The maximum absolute atomic E-state index is 13.8. The van der Waals surface area contributed by atoms with E-state index in [2.05, 4.69) is 4.74 Å². The number of hydrogen-bond acceptors (Lipinski definition) is 3. The van der Waals surface area contributed by atoms with Crippen LogP contribution in [0, 0.1) is 23.3 Å². The fourth-order valence-electron chi connectivity index (χ4n) is 2.15. The molecule has 130 valence electrons. The molecule has 3 nitrogen and oxygen atoms in total. The van der Waals surface area contributed by atoms with Crippen molar-refractivity contribution in [2.24, 2.45) is 0 Å². The fraction of sp³-hybridized carbons (Fsp3) is 0.467. The highest BCUT2D eigenvalue weighted by atomic mass is 35.5. The zero-order valence-corrected chi connectivity index (χ0v) is 13.3. The molecule has 0 spiro atoms. The first kappa shape index (κ1) is 19.7. The van der Waals surface area contributed by atoms with Gasteiger partial charge < -0.3 is 21.9 Å². The summed E-state index contributed by atoms with van der Waals surface area (Å²) in [6.07, 6.45) is 2.51. The van der Waals surface area contributed by atoms with Gasteiger partial charge in [-0.2, -0.15) is 8.78 Å². The van der Waals surface area contributed by atoms with Crippen molar-refractivity contribution in [3.63, 3.8) is 0 Å². The second-order valence-corrected chi connectivity index (χ2v) is 4.75. The molecule has 1 aromatic carbocycles. The third-order valence-electron chi connectivity index (χ3n) is 3.30. The maximum Gasteiger partial charge on any atom is 0.204 e. The van der Waals surface area contributed by atoms with Crippen LogP contribution >= 0.6 is 0 Å². The lowest BCUT2D eigenvalue weighted by Gasteiger charge is -2.25. The summed E-state index contributed by atoms with van der Waals surface area (Å²) in [5.41, 5.74) is -0.744. The molecule has 1 heterocycles. The summed E-state index contributed by atoms with van der Waals surface area (Å²) < 4.78 is 64.9. The molecule has 0 aliphatic carbocycles. The number of halogens is 5. The second-order valence-electron chi connectivity index (χ2n) is 4.75. The van der Waals surface area contributed by atoms with Crippen LogP contribution in [0.3, 0.4) is 0 Å². The predicted molar refractivity (Wildman–Crippen MR) is 73.7 cm³/mol. The van der Waals surface area contributed by atoms with Crippen LogP contribution in [0.2, 0.25) is 0 Å². The highest BCUT2D eigenvalue weighted by Gasteiger charge is 2.25. The van der Waals surface area contributed by atoms with Crippen molar-refractivity contribution in [1.29, 1.82) is 0 Å². The second kappa shape index (κ2) is 9.10. The monoisotopic (exact) mass is 354 g/mol. The normalized spacial score (nSPS) is 15.7. The van der Waals surface area contributed by atoms with Gasteiger partial charge in [0.25, 0.3) is 0 Å². The summed E-state index contributed by atoms with van der Waals surface area (Å²) in [5.74, 6) is -6.98. The highest BCUT2D eigenvalue weighted by molar-refractivity contribution is 5.54. The molecule has 1 fully saturated rings. The molecule has 1 saturated heterocycles. The first-order chi connectivity index (χ1) is 10.6. The van der Waals surface area contributed by atoms with E-state index in [1.54, 1.807) is 0 Å². The average Bonchev–Trinajstić information content (AvgIpc) is 2.54. The van der Waals surface area contributed by atoms with E-state index in [4.69, 9.17) is 4.74 Å². The van der Waals surface area contributed by atoms with Crippen molar-refractivity contribution in [3.8, 4) is 5.75 Å². The van der Waals surface area contributed by atoms with E-state index in [0.717, 1.165) is 6.08 Å². The Morgan fingerprint density at radius 1 is 1.04 bits per heavy atom. The van der Waals surface area contributed by atoms with Crippen LogP contribution in [-0.4, -0.2) is 44.4 Å². The van der Waals surface area contributed by atoms with Crippen molar-refractivity contribution < 1.29 is 39.4 Å². The maximum atomic E-state index is 13.8. The minimum absolute atomic E-state index is 0. The third kappa shape index (κ3) is 4.59. The Balaban J connectivity index is 0.00000264. The molecule has 0 unspecified atom stereocenters.